The number of carboxylic acid groups (broad SMARTS) is 1. The predicted octanol–water partition coefficient (Wildman–Crippen LogP) is 4.69. The van der Waals surface area contributed by atoms with Crippen molar-refractivity contribution in [1.29, 1.82) is 0 Å². The van der Waals surface area contributed by atoms with Crippen LogP contribution in [0.5, 0.6) is 5.75 Å². The highest BCUT2D eigenvalue weighted by atomic mass is 32.2. The van der Waals surface area contributed by atoms with E-state index in [9.17, 15) is 18.3 Å². The fourth-order valence-corrected chi connectivity index (χ4v) is 4.99. The summed E-state index contributed by atoms with van der Waals surface area (Å²) in [5.74, 6) is -0.200. The Labute approximate surface area is 198 Å². The minimum absolute atomic E-state index is 0.000146. The first-order chi connectivity index (χ1) is 16.4. The maximum absolute atomic E-state index is 13.2. The number of nitrogens with one attached hydrogen (secondary N) is 1. The van der Waals surface area contributed by atoms with Crippen molar-refractivity contribution in [3.8, 4) is 16.9 Å². The maximum atomic E-state index is 13.2. The zero-order valence-corrected chi connectivity index (χ0v) is 19.8. The Balaban J connectivity index is 1.84. The fourth-order valence-electron chi connectivity index (χ4n) is 3.88. The Hall–Kier alpha value is -3.56. The highest BCUT2D eigenvalue weighted by Crippen LogP contribution is 2.47. The highest BCUT2D eigenvalue weighted by molar-refractivity contribution is 7.92. The Kier molecular flexibility index (Phi) is 6.76. The molecule has 34 heavy (non-hydrogen) atoms. The lowest BCUT2D eigenvalue weighted by atomic mass is 9.98. The number of sulfonamides is 1. The Bertz CT molecular complexity index is 1320. The molecule has 4 rings (SSSR count). The number of para-hydroxylation sites is 1. The molecular formula is C25H26N2O6S. The molecule has 0 fully saturated rings. The van der Waals surface area contributed by atoms with Crippen LogP contribution in [0.3, 0.4) is 0 Å². The summed E-state index contributed by atoms with van der Waals surface area (Å²) in [6, 6.07) is 12.8. The molecule has 178 valence electrons. The molecule has 2 heterocycles. The number of nitrogens with zero attached hydrogens (tertiary/aromatic N) is 1. The molecule has 2 aromatic carbocycles. The number of fused-ring (bicyclic) bond motifs is 3. The number of likely N-dealkylation sites (N-methyl/N-ethyl adjacent to an activating group) is 1. The molecule has 1 aliphatic rings. The van der Waals surface area contributed by atoms with E-state index in [1.165, 1.54) is 18.2 Å². The number of anilines is 1. The molecule has 8 nitrogen and oxygen atoms in total. The molecule has 0 atom stereocenters. The molecule has 2 N–H and O–H groups in total. The van der Waals surface area contributed by atoms with E-state index >= 15 is 0 Å². The second-order valence-corrected chi connectivity index (χ2v) is 9.40. The van der Waals surface area contributed by atoms with Gasteiger partial charge in [0, 0.05) is 12.1 Å². The average molecular weight is 483 g/mol. The first-order valence-electron chi connectivity index (χ1n) is 11.0. The van der Waals surface area contributed by atoms with Crippen LogP contribution in [0, 0.1) is 0 Å². The van der Waals surface area contributed by atoms with Gasteiger partial charge in [-0.3, -0.25) is 4.72 Å². The normalized spacial score (nSPS) is 12.9. The quantitative estimate of drug-likeness (QED) is 0.455. The van der Waals surface area contributed by atoms with Gasteiger partial charge in [-0.25, -0.2) is 13.2 Å². The predicted molar refractivity (Wildman–Crippen MR) is 130 cm³/mol. The summed E-state index contributed by atoms with van der Waals surface area (Å²) in [5.41, 5.74) is 1.19. The molecular weight excluding hydrogens is 456 g/mol. The van der Waals surface area contributed by atoms with Gasteiger partial charge in [0.25, 0.3) is 10.0 Å². The van der Waals surface area contributed by atoms with Crippen LogP contribution < -0.4 is 9.46 Å². The first-order valence-corrected chi connectivity index (χ1v) is 12.5. The van der Waals surface area contributed by atoms with Crippen LogP contribution in [0.1, 0.15) is 35.7 Å². The number of hydrogen-bond acceptors (Lipinski definition) is 6. The summed E-state index contributed by atoms with van der Waals surface area (Å²) in [4.78, 5) is 14.0. The van der Waals surface area contributed by atoms with E-state index in [2.05, 4.69) is 23.5 Å². The zero-order valence-electron chi connectivity index (χ0n) is 18.9. The molecule has 0 bridgehead atoms. The third-order valence-electron chi connectivity index (χ3n) is 5.69. The van der Waals surface area contributed by atoms with Gasteiger partial charge in [0.1, 0.15) is 23.6 Å². The van der Waals surface area contributed by atoms with E-state index in [4.69, 9.17) is 9.15 Å². The van der Waals surface area contributed by atoms with Crippen LogP contribution in [0.15, 0.2) is 63.9 Å². The average Bonchev–Trinajstić information content (AvgIpc) is 3.18. The number of ether oxygens (including phenoxy) is 1. The van der Waals surface area contributed by atoms with Crippen molar-refractivity contribution in [1.82, 2.24) is 4.90 Å². The van der Waals surface area contributed by atoms with E-state index in [1.807, 2.05) is 6.08 Å². The summed E-state index contributed by atoms with van der Waals surface area (Å²) in [5, 5.41) is 9.58. The molecule has 0 amide bonds. The number of hydrogen-bond donors (Lipinski definition) is 2. The SMILES string of the molecule is CCN(CC)C/C=C\c1oc2c(c1NS(=O)(=O)c1ccccc1)-c1cccc(C(=O)O)c1OC2. The first kappa shape index (κ1) is 23.6. The zero-order chi connectivity index (χ0) is 24.3. The van der Waals surface area contributed by atoms with Gasteiger partial charge in [-0.2, -0.15) is 0 Å². The van der Waals surface area contributed by atoms with E-state index in [0.717, 1.165) is 13.1 Å². The number of aromatic carboxylic acids is 1. The second kappa shape index (κ2) is 9.74. The fraction of sp³-hybridized carbons (Fsp3) is 0.240. The lowest BCUT2D eigenvalue weighted by molar-refractivity contribution is 0.0691. The van der Waals surface area contributed by atoms with Gasteiger partial charge in [0.15, 0.2) is 11.5 Å². The Morgan fingerprint density at radius 1 is 1.12 bits per heavy atom. The number of carboxylic acids is 1. The summed E-state index contributed by atoms with van der Waals surface area (Å²) in [7, 11) is -3.93. The van der Waals surface area contributed by atoms with Gasteiger partial charge in [0.2, 0.25) is 0 Å². The molecule has 1 aromatic heterocycles. The molecule has 9 heteroatoms. The van der Waals surface area contributed by atoms with Crippen LogP contribution in [0.25, 0.3) is 17.2 Å². The largest absolute Gasteiger partial charge is 0.484 e. The molecule has 0 saturated heterocycles. The van der Waals surface area contributed by atoms with E-state index in [1.54, 1.807) is 36.4 Å². The molecule has 0 aliphatic carbocycles. The van der Waals surface area contributed by atoms with Crippen LogP contribution >= 0.6 is 0 Å². The lowest BCUT2D eigenvalue weighted by Crippen LogP contribution is -2.22. The van der Waals surface area contributed by atoms with Gasteiger partial charge in [-0.05, 0) is 37.4 Å². The van der Waals surface area contributed by atoms with Crippen molar-refractivity contribution in [2.75, 3.05) is 24.4 Å². The van der Waals surface area contributed by atoms with Crippen molar-refractivity contribution in [2.24, 2.45) is 0 Å². The molecule has 0 spiro atoms. The summed E-state index contributed by atoms with van der Waals surface area (Å²) < 4.78 is 40.8. The molecule has 0 saturated carbocycles. The highest BCUT2D eigenvalue weighted by Gasteiger charge is 2.32. The van der Waals surface area contributed by atoms with Crippen LogP contribution in [-0.4, -0.2) is 44.0 Å². The standard InChI is InChI=1S/C25H26N2O6S/c1-3-27(4-2)15-9-14-20-23(26-34(30,31)17-10-6-5-7-11-17)22-18-12-8-13-19(25(28)29)24(18)32-16-21(22)33-20/h5-14,26H,3-4,15-16H2,1-2H3,(H,28,29)/b14-9-. The third-order valence-corrected chi connectivity index (χ3v) is 7.05. The summed E-state index contributed by atoms with van der Waals surface area (Å²) in [6.07, 6.45) is 3.65. The Morgan fingerprint density at radius 2 is 1.85 bits per heavy atom. The van der Waals surface area contributed by atoms with Gasteiger partial charge < -0.3 is 19.2 Å². The number of benzene rings is 2. The van der Waals surface area contributed by atoms with Crippen LogP contribution in [0.2, 0.25) is 0 Å². The van der Waals surface area contributed by atoms with E-state index in [-0.39, 0.29) is 28.5 Å². The second-order valence-electron chi connectivity index (χ2n) is 7.72. The number of rotatable bonds is 9. The summed E-state index contributed by atoms with van der Waals surface area (Å²) in [6.45, 7) is 6.54. The minimum Gasteiger partial charge on any atom is -0.484 e. The third kappa shape index (κ3) is 4.57. The van der Waals surface area contributed by atoms with Gasteiger partial charge in [0.05, 0.1) is 10.5 Å². The molecule has 3 aromatic rings. The van der Waals surface area contributed by atoms with Crippen LogP contribution in [0.4, 0.5) is 5.69 Å². The van der Waals surface area contributed by atoms with Crippen molar-refractivity contribution in [3.63, 3.8) is 0 Å². The van der Waals surface area contributed by atoms with E-state index in [0.29, 0.717) is 29.2 Å². The van der Waals surface area contributed by atoms with Crippen molar-refractivity contribution < 1.29 is 27.5 Å². The molecule has 1 aliphatic heterocycles. The minimum atomic E-state index is -3.93. The topological polar surface area (TPSA) is 109 Å². The van der Waals surface area contributed by atoms with Crippen molar-refractivity contribution >= 4 is 27.8 Å². The van der Waals surface area contributed by atoms with Gasteiger partial charge in [-0.1, -0.05) is 50.3 Å². The number of furan rings is 1. The lowest BCUT2D eigenvalue weighted by Gasteiger charge is -2.19. The van der Waals surface area contributed by atoms with Crippen molar-refractivity contribution in [3.05, 3.63) is 71.7 Å². The maximum Gasteiger partial charge on any atom is 0.339 e. The van der Waals surface area contributed by atoms with Gasteiger partial charge in [-0.15, -0.1) is 0 Å². The van der Waals surface area contributed by atoms with Crippen LogP contribution in [-0.2, 0) is 16.6 Å². The van der Waals surface area contributed by atoms with Gasteiger partial charge >= 0.3 is 5.97 Å². The summed E-state index contributed by atoms with van der Waals surface area (Å²) >= 11 is 0. The molecule has 0 radical (unpaired) electrons. The molecule has 0 unspecified atom stereocenters. The van der Waals surface area contributed by atoms with E-state index < -0.39 is 16.0 Å². The smallest absolute Gasteiger partial charge is 0.339 e. The van der Waals surface area contributed by atoms with Crippen molar-refractivity contribution in [2.45, 2.75) is 25.3 Å². The number of carbonyl (C=O) groups is 1. The monoisotopic (exact) mass is 482 g/mol. The Morgan fingerprint density at radius 3 is 2.53 bits per heavy atom.